The summed E-state index contributed by atoms with van der Waals surface area (Å²) in [6.07, 6.45) is 3.13. The smallest absolute Gasteiger partial charge is 0.308 e. The lowest BCUT2D eigenvalue weighted by Gasteiger charge is -2.27. The average molecular weight is 348 g/mol. The zero-order valence-electron chi connectivity index (χ0n) is 15.0. The Balaban J connectivity index is 1.86. The summed E-state index contributed by atoms with van der Waals surface area (Å²) in [4.78, 5) is 30.6. The van der Waals surface area contributed by atoms with Crippen LogP contribution in [0.15, 0.2) is 11.0 Å². The SMILES string of the molecule is Cc1cn([C@@]2(C)CCC(COC(=O)C(C)C)O2)c2nc(N)[nH]c(=O)c12. The number of H-pyrrole nitrogens is 1. The summed E-state index contributed by atoms with van der Waals surface area (Å²) in [6.45, 7) is 7.61. The molecule has 0 aromatic carbocycles. The van der Waals surface area contributed by atoms with E-state index in [-0.39, 0.29) is 36.1 Å². The molecule has 25 heavy (non-hydrogen) atoms. The predicted octanol–water partition coefficient (Wildman–Crippen LogP) is 1.67. The lowest BCUT2D eigenvalue weighted by molar-refractivity contribution is -0.156. The number of carbonyl (C=O) groups is 1. The number of aromatic amines is 1. The molecule has 3 rings (SSSR count). The maximum absolute atomic E-state index is 12.2. The lowest BCUT2D eigenvalue weighted by atomic mass is 10.1. The molecule has 0 radical (unpaired) electrons. The second-order valence-electron chi connectivity index (χ2n) is 7.07. The quantitative estimate of drug-likeness (QED) is 0.813. The molecule has 0 amide bonds. The first-order chi connectivity index (χ1) is 11.7. The van der Waals surface area contributed by atoms with Gasteiger partial charge in [-0.15, -0.1) is 0 Å². The Labute approximate surface area is 145 Å². The number of ether oxygens (including phenoxy) is 2. The second-order valence-corrected chi connectivity index (χ2v) is 7.07. The van der Waals surface area contributed by atoms with Crippen molar-refractivity contribution in [3.05, 3.63) is 22.1 Å². The molecule has 3 N–H and O–H groups in total. The highest BCUT2D eigenvalue weighted by Gasteiger charge is 2.39. The minimum atomic E-state index is -0.672. The molecule has 0 bridgehead atoms. The van der Waals surface area contributed by atoms with Crippen LogP contribution in [0.5, 0.6) is 0 Å². The van der Waals surface area contributed by atoms with Crippen LogP contribution in [0.25, 0.3) is 11.0 Å². The number of hydrogen-bond donors (Lipinski definition) is 2. The van der Waals surface area contributed by atoms with Crippen LogP contribution < -0.4 is 11.3 Å². The first kappa shape index (κ1) is 17.5. The largest absolute Gasteiger partial charge is 0.463 e. The van der Waals surface area contributed by atoms with Crippen LogP contribution in [0.2, 0.25) is 0 Å². The highest BCUT2D eigenvalue weighted by atomic mass is 16.6. The van der Waals surface area contributed by atoms with E-state index in [1.165, 1.54) is 0 Å². The Kier molecular flexibility index (Phi) is 4.32. The fourth-order valence-corrected chi connectivity index (χ4v) is 3.23. The van der Waals surface area contributed by atoms with Gasteiger partial charge in [0.1, 0.15) is 12.3 Å². The standard InChI is InChI=1S/C17H24N4O4/c1-9(2)15(23)24-8-11-5-6-17(4,25-11)21-7-10(3)12-13(21)19-16(18)20-14(12)22/h7,9,11H,5-6,8H2,1-4H3,(H3,18,19,20,22)/t11?,17-/m1/s1. The summed E-state index contributed by atoms with van der Waals surface area (Å²) in [7, 11) is 0. The van der Waals surface area contributed by atoms with E-state index in [0.717, 1.165) is 12.0 Å². The summed E-state index contributed by atoms with van der Waals surface area (Å²) in [5.74, 6) is -0.330. The fraction of sp³-hybridized carbons (Fsp3) is 0.588. The molecule has 3 heterocycles. The van der Waals surface area contributed by atoms with E-state index in [1.807, 2.05) is 24.6 Å². The Hall–Kier alpha value is -2.35. The number of aryl methyl sites for hydroxylation is 1. The highest BCUT2D eigenvalue weighted by Crippen LogP contribution is 2.37. The fourth-order valence-electron chi connectivity index (χ4n) is 3.23. The summed E-state index contributed by atoms with van der Waals surface area (Å²) in [5, 5.41) is 0.508. The Morgan fingerprint density at radius 3 is 3.00 bits per heavy atom. The molecule has 8 nitrogen and oxygen atoms in total. The number of esters is 1. The number of nitrogens with zero attached hydrogens (tertiary/aromatic N) is 2. The van der Waals surface area contributed by atoms with E-state index in [4.69, 9.17) is 15.2 Å². The lowest BCUT2D eigenvalue weighted by Crippen LogP contribution is -2.31. The maximum Gasteiger partial charge on any atom is 0.308 e. The number of nitrogens with two attached hydrogens (primary N) is 1. The third-order valence-electron chi connectivity index (χ3n) is 4.61. The summed E-state index contributed by atoms with van der Waals surface area (Å²) in [6, 6.07) is 0. The van der Waals surface area contributed by atoms with E-state index in [0.29, 0.717) is 17.5 Å². The van der Waals surface area contributed by atoms with Crippen molar-refractivity contribution in [3.8, 4) is 0 Å². The molecule has 2 aromatic rings. The molecule has 1 saturated heterocycles. The third kappa shape index (κ3) is 3.13. The molecule has 0 spiro atoms. The number of nitrogens with one attached hydrogen (secondary N) is 1. The van der Waals surface area contributed by atoms with Crippen molar-refractivity contribution < 1.29 is 14.3 Å². The summed E-state index contributed by atoms with van der Waals surface area (Å²) in [5.41, 5.74) is 6.08. The number of rotatable bonds is 4. The molecule has 136 valence electrons. The summed E-state index contributed by atoms with van der Waals surface area (Å²) < 4.78 is 13.3. The van der Waals surface area contributed by atoms with Gasteiger partial charge in [0, 0.05) is 6.20 Å². The van der Waals surface area contributed by atoms with Gasteiger partial charge in [0.2, 0.25) is 5.95 Å². The molecule has 0 saturated carbocycles. The van der Waals surface area contributed by atoms with E-state index >= 15 is 0 Å². The molecular weight excluding hydrogens is 324 g/mol. The molecule has 0 aliphatic carbocycles. The molecular formula is C17H24N4O4. The molecule has 1 aliphatic heterocycles. The zero-order chi connectivity index (χ0) is 18.4. The van der Waals surface area contributed by atoms with Crippen LogP contribution in [0.3, 0.4) is 0 Å². The number of hydrogen-bond acceptors (Lipinski definition) is 6. The van der Waals surface area contributed by atoms with Gasteiger partial charge < -0.3 is 19.8 Å². The van der Waals surface area contributed by atoms with Crippen LogP contribution in [0.1, 0.15) is 39.2 Å². The average Bonchev–Trinajstić information content (AvgIpc) is 3.06. The monoisotopic (exact) mass is 348 g/mol. The number of carbonyl (C=O) groups excluding carboxylic acids is 1. The van der Waals surface area contributed by atoms with Crippen LogP contribution in [0, 0.1) is 12.8 Å². The minimum absolute atomic E-state index is 0.0702. The van der Waals surface area contributed by atoms with E-state index in [2.05, 4.69) is 9.97 Å². The van der Waals surface area contributed by atoms with Gasteiger partial charge in [-0.1, -0.05) is 13.8 Å². The van der Waals surface area contributed by atoms with E-state index in [9.17, 15) is 9.59 Å². The normalized spacial score (nSPS) is 23.5. The van der Waals surface area contributed by atoms with Crippen LogP contribution >= 0.6 is 0 Å². The molecule has 2 aromatic heterocycles. The van der Waals surface area contributed by atoms with Crippen molar-refractivity contribution >= 4 is 23.0 Å². The molecule has 8 heteroatoms. The van der Waals surface area contributed by atoms with Crippen molar-refractivity contribution in [2.75, 3.05) is 12.3 Å². The van der Waals surface area contributed by atoms with Crippen molar-refractivity contribution in [1.82, 2.24) is 14.5 Å². The first-order valence-electron chi connectivity index (χ1n) is 8.43. The van der Waals surface area contributed by atoms with Gasteiger partial charge in [-0.05, 0) is 32.3 Å². The topological polar surface area (TPSA) is 112 Å². The molecule has 1 fully saturated rings. The van der Waals surface area contributed by atoms with Crippen molar-refractivity contribution in [3.63, 3.8) is 0 Å². The van der Waals surface area contributed by atoms with Crippen molar-refractivity contribution in [2.45, 2.75) is 52.4 Å². The Bertz CT molecular complexity index is 869. The van der Waals surface area contributed by atoms with E-state index < -0.39 is 5.72 Å². The van der Waals surface area contributed by atoms with Crippen molar-refractivity contribution in [1.29, 1.82) is 0 Å². The van der Waals surface area contributed by atoms with Gasteiger partial charge in [0.05, 0.1) is 17.4 Å². The van der Waals surface area contributed by atoms with Crippen LogP contribution in [0.4, 0.5) is 5.95 Å². The van der Waals surface area contributed by atoms with Crippen LogP contribution in [-0.2, 0) is 20.0 Å². The third-order valence-corrected chi connectivity index (χ3v) is 4.61. The maximum atomic E-state index is 12.2. The van der Waals surface area contributed by atoms with Crippen LogP contribution in [-0.4, -0.2) is 33.2 Å². The van der Waals surface area contributed by atoms with Gasteiger partial charge in [0.25, 0.3) is 5.56 Å². The zero-order valence-corrected chi connectivity index (χ0v) is 15.0. The van der Waals surface area contributed by atoms with Gasteiger partial charge >= 0.3 is 5.97 Å². The van der Waals surface area contributed by atoms with Gasteiger partial charge in [0.15, 0.2) is 5.65 Å². The van der Waals surface area contributed by atoms with Gasteiger partial charge in [-0.3, -0.25) is 14.6 Å². The first-order valence-corrected chi connectivity index (χ1v) is 8.43. The minimum Gasteiger partial charge on any atom is -0.463 e. The molecule has 2 atom stereocenters. The van der Waals surface area contributed by atoms with Crippen molar-refractivity contribution in [2.24, 2.45) is 5.92 Å². The number of fused-ring (bicyclic) bond motifs is 1. The predicted molar refractivity (Wildman–Crippen MR) is 93.1 cm³/mol. The second kappa shape index (κ2) is 6.18. The number of anilines is 1. The highest BCUT2D eigenvalue weighted by molar-refractivity contribution is 5.80. The van der Waals surface area contributed by atoms with Gasteiger partial charge in [-0.2, -0.15) is 4.98 Å². The Morgan fingerprint density at radius 2 is 2.32 bits per heavy atom. The van der Waals surface area contributed by atoms with E-state index in [1.54, 1.807) is 13.8 Å². The molecule has 1 unspecified atom stereocenters. The number of nitrogen functional groups attached to an aromatic ring is 1. The number of aromatic nitrogens is 3. The van der Waals surface area contributed by atoms with Gasteiger partial charge in [-0.25, -0.2) is 0 Å². The summed E-state index contributed by atoms with van der Waals surface area (Å²) >= 11 is 0. The molecule has 1 aliphatic rings. The Morgan fingerprint density at radius 1 is 1.60 bits per heavy atom.